The number of rotatable bonds is 14. The summed E-state index contributed by atoms with van der Waals surface area (Å²) in [5.41, 5.74) is 6.13. The van der Waals surface area contributed by atoms with Crippen molar-refractivity contribution in [2.45, 2.75) is 118 Å². The minimum atomic E-state index is -3.05. The van der Waals surface area contributed by atoms with E-state index in [1.165, 1.54) is 24.3 Å². The van der Waals surface area contributed by atoms with Gasteiger partial charge in [-0.3, -0.25) is 9.59 Å². The first-order valence-electron chi connectivity index (χ1n) is 16.5. The van der Waals surface area contributed by atoms with Crippen LogP contribution in [0.2, 0.25) is 0 Å². The van der Waals surface area contributed by atoms with Crippen molar-refractivity contribution in [2.24, 2.45) is 0 Å². The summed E-state index contributed by atoms with van der Waals surface area (Å²) in [5, 5.41) is 110. The highest BCUT2D eigenvalue weighted by atomic mass is 16.8. The van der Waals surface area contributed by atoms with Crippen molar-refractivity contribution in [1.29, 1.82) is 0 Å². The van der Waals surface area contributed by atoms with E-state index in [1.54, 1.807) is 0 Å². The highest BCUT2D eigenvalue weighted by molar-refractivity contribution is 5.76. The molecule has 0 bridgehead atoms. The lowest BCUT2D eigenvalue weighted by molar-refractivity contribution is -0.380. The smallest absolute Gasteiger partial charge is 0.364 e. The van der Waals surface area contributed by atoms with Gasteiger partial charge in [-0.2, -0.15) is 0 Å². The molecular weight excluding hydrogens is 718 g/mol. The van der Waals surface area contributed by atoms with Gasteiger partial charge >= 0.3 is 5.97 Å². The predicted molar refractivity (Wildman–Crippen MR) is 171 cm³/mol. The molecule has 22 heteroatoms. The Labute approximate surface area is 301 Å². The molecule has 3 heterocycles. The van der Waals surface area contributed by atoms with Gasteiger partial charge in [-0.15, -0.1) is 0 Å². The van der Waals surface area contributed by atoms with E-state index < -0.39 is 142 Å². The van der Waals surface area contributed by atoms with Crippen LogP contribution in [0, 0.1) is 0 Å². The Morgan fingerprint density at radius 2 is 1.42 bits per heavy atom. The summed E-state index contributed by atoms with van der Waals surface area (Å²) >= 11 is 0. The van der Waals surface area contributed by atoms with Gasteiger partial charge in [0.15, 0.2) is 6.29 Å². The third-order valence-electron chi connectivity index (χ3n) is 8.98. The van der Waals surface area contributed by atoms with E-state index in [1.807, 2.05) is 0 Å². The lowest BCUT2D eigenvalue weighted by Crippen LogP contribution is -2.71. The van der Waals surface area contributed by atoms with Crippen molar-refractivity contribution in [3.63, 3.8) is 0 Å². The number of carboxylic acid groups (broad SMARTS) is 1. The van der Waals surface area contributed by atoms with Crippen molar-refractivity contribution in [2.75, 3.05) is 25.6 Å². The molecule has 3 saturated heterocycles. The van der Waals surface area contributed by atoms with Crippen LogP contribution in [0.15, 0.2) is 24.3 Å². The van der Waals surface area contributed by atoms with Crippen molar-refractivity contribution in [3.8, 4) is 5.75 Å². The van der Waals surface area contributed by atoms with Gasteiger partial charge in [0.25, 0.3) is 5.79 Å². The molecule has 0 radical (unpaired) electrons. The number of carbonyl (C=O) groups is 3. The van der Waals surface area contributed by atoms with Crippen molar-refractivity contribution in [1.82, 2.24) is 10.6 Å². The van der Waals surface area contributed by atoms with Gasteiger partial charge < -0.3 is 95.9 Å². The molecule has 3 aliphatic rings. The maximum atomic E-state index is 12.8. The van der Waals surface area contributed by atoms with Crippen LogP contribution in [0.4, 0.5) is 5.69 Å². The van der Waals surface area contributed by atoms with E-state index in [0.29, 0.717) is 5.69 Å². The van der Waals surface area contributed by atoms with Crippen LogP contribution in [0.3, 0.4) is 0 Å². The van der Waals surface area contributed by atoms with E-state index >= 15 is 0 Å². The molecule has 53 heavy (non-hydrogen) atoms. The van der Waals surface area contributed by atoms with Crippen molar-refractivity contribution >= 4 is 23.5 Å². The molecule has 1 aromatic rings. The standard InChI is InChI=1S/C31H47N3O19/c1-11(38)33-19-15(40)7-31(30(46)47,52-26(19)21(42)16(41)8-35)53-27-23(44)18(10-37)50-29(24(27)45)51-25-20(34-12(2)39)28(49-17(9-36)22(25)43)48-14-5-3-13(32)4-6-14/h3-6,15-29,35-37,40-45H,7-10,32H2,1-2H3,(H,33,38)(H,34,39)(H,46,47)/t15-,16+,17+,18+,19+,20+,21+,22-,23-,24+,25+,26+,27-,28-,29-,31-/m0/s1. The fraction of sp³-hybridized carbons (Fsp3) is 0.710. The molecule has 0 aromatic heterocycles. The zero-order chi connectivity index (χ0) is 39.4. The van der Waals surface area contributed by atoms with Crippen LogP contribution < -0.4 is 21.1 Å². The van der Waals surface area contributed by atoms with Gasteiger partial charge in [0, 0.05) is 26.0 Å². The van der Waals surface area contributed by atoms with Gasteiger partial charge in [0.2, 0.25) is 18.1 Å². The second-order valence-corrected chi connectivity index (χ2v) is 12.9. The number of aliphatic hydroxyl groups is 9. The van der Waals surface area contributed by atoms with Crippen LogP contribution in [0.1, 0.15) is 20.3 Å². The van der Waals surface area contributed by atoms with Gasteiger partial charge in [0.1, 0.15) is 72.8 Å². The summed E-state index contributed by atoms with van der Waals surface area (Å²) in [4.78, 5) is 37.0. The fourth-order valence-electron chi connectivity index (χ4n) is 6.33. The average Bonchev–Trinajstić information content (AvgIpc) is 3.11. The quantitative estimate of drug-likeness (QED) is 0.0783. The SMILES string of the molecule is CC(=O)N[C@H]1[C@@H](Oc2ccc(N)cc2)O[C@H](CO)[C@H](O)[C@@H]1O[C@@H]1O[C@H](CO)[C@H](O)[C@H](O[C@]2(C(=O)O)C[C@H](O)[C@@H](NC(C)=O)[C@H]([C@H](O)[C@H](O)CO)O2)[C@H]1O. The van der Waals surface area contributed by atoms with E-state index in [-0.39, 0.29) is 5.75 Å². The van der Waals surface area contributed by atoms with E-state index in [4.69, 9.17) is 34.2 Å². The number of hydrogen-bond acceptors (Lipinski definition) is 19. The molecule has 22 nitrogen and oxygen atoms in total. The second kappa shape index (κ2) is 17.9. The number of amides is 2. The van der Waals surface area contributed by atoms with Gasteiger partial charge in [-0.05, 0) is 24.3 Å². The summed E-state index contributed by atoms with van der Waals surface area (Å²) in [6, 6.07) is 2.97. The van der Waals surface area contributed by atoms with Crippen LogP contribution in [-0.2, 0) is 38.1 Å². The Hall–Kier alpha value is -3.33. The molecule has 300 valence electrons. The number of ether oxygens (including phenoxy) is 6. The minimum Gasteiger partial charge on any atom is -0.477 e. The third kappa shape index (κ3) is 9.49. The van der Waals surface area contributed by atoms with Crippen LogP contribution in [-0.4, -0.2) is 186 Å². The van der Waals surface area contributed by atoms with Crippen LogP contribution >= 0.6 is 0 Å². The van der Waals surface area contributed by atoms with Crippen molar-refractivity contribution < 1.29 is 93.9 Å². The topological polar surface area (TPSA) is 359 Å². The number of nitrogens with one attached hydrogen (secondary N) is 2. The Kier molecular flexibility index (Phi) is 14.3. The number of nitrogen functional groups attached to an aromatic ring is 1. The average molecular weight is 766 g/mol. The van der Waals surface area contributed by atoms with E-state index in [9.17, 15) is 65.4 Å². The molecule has 3 aliphatic heterocycles. The maximum absolute atomic E-state index is 12.8. The largest absolute Gasteiger partial charge is 0.477 e. The molecule has 14 N–H and O–H groups in total. The summed E-state index contributed by atoms with van der Waals surface area (Å²) in [6.45, 7) is -0.677. The highest BCUT2D eigenvalue weighted by Gasteiger charge is 2.60. The molecule has 1 aromatic carbocycles. The summed E-state index contributed by atoms with van der Waals surface area (Å²) in [6.07, 6.45) is -25.4. The highest BCUT2D eigenvalue weighted by Crippen LogP contribution is 2.38. The monoisotopic (exact) mass is 765 g/mol. The number of benzene rings is 1. The molecule has 3 fully saturated rings. The third-order valence-corrected chi connectivity index (χ3v) is 8.98. The zero-order valence-corrected chi connectivity index (χ0v) is 28.5. The molecule has 0 unspecified atom stereocenters. The number of carboxylic acids is 1. The number of nitrogens with two attached hydrogens (primary N) is 1. The Balaban J connectivity index is 1.68. The maximum Gasteiger partial charge on any atom is 0.364 e. The Morgan fingerprint density at radius 1 is 0.868 bits per heavy atom. The lowest BCUT2D eigenvalue weighted by atomic mass is 9.88. The predicted octanol–water partition coefficient (Wildman–Crippen LogP) is -6.41. The van der Waals surface area contributed by atoms with Gasteiger partial charge in [0.05, 0.1) is 32.0 Å². The van der Waals surface area contributed by atoms with Crippen LogP contribution in [0.5, 0.6) is 5.75 Å². The molecule has 4 rings (SSSR count). The van der Waals surface area contributed by atoms with E-state index in [2.05, 4.69) is 10.6 Å². The number of aliphatic hydroxyl groups excluding tert-OH is 9. The minimum absolute atomic E-state index is 0.182. The van der Waals surface area contributed by atoms with Gasteiger partial charge in [-0.25, -0.2) is 4.79 Å². The first-order valence-corrected chi connectivity index (χ1v) is 16.5. The summed E-state index contributed by atoms with van der Waals surface area (Å²) in [5.74, 6) is -6.27. The molecule has 0 aliphatic carbocycles. The normalized spacial score (nSPS) is 38.7. The number of hydrogen-bond donors (Lipinski definition) is 13. The molecule has 0 saturated carbocycles. The molecular formula is C31H47N3O19. The fourth-order valence-corrected chi connectivity index (χ4v) is 6.33. The first-order chi connectivity index (χ1) is 25.0. The second-order valence-electron chi connectivity index (χ2n) is 12.9. The Morgan fingerprint density at radius 3 is 1.94 bits per heavy atom. The molecule has 16 atom stereocenters. The van der Waals surface area contributed by atoms with E-state index in [0.717, 1.165) is 13.8 Å². The number of aliphatic carboxylic acids is 1. The molecule has 2 amide bonds. The summed E-state index contributed by atoms with van der Waals surface area (Å²) < 4.78 is 34.4. The number of carbonyl (C=O) groups excluding carboxylic acids is 2. The Bertz CT molecular complexity index is 1390. The summed E-state index contributed by atoms with van der Waals surface area (Å²) in [7, 11) is 0. The van der Waals surface area contributed by atoms with Crippen LogP contribution in [0.25, 0.3) is 0 Å². The lowest BCUT2D eigenvalue weighted by Gasteiger charge is -2.51. The zero-order valence-electron chi connectivity index (χ0n) is 28.5. The molecule has 0 spiro atoms. The van der Waals surface area contributed by atoms with Gasteiger partial charge in [-0.1, -0.05) is 0 Å². The first kappa shape index (κ1) is 42.4. The van der Waals surface area contributed by atoms with Crippen molar-refractivity contribution in [3.05, 3.63) is 24.3 Å². The number of anilines is 1.